The highest BCUT2D eigenvalue weighted by molar-refractivity contribution is 4.91. The molecule has 12 heavy (non-hydrogen) atoms. The molecule has 0 aromatic heterocycles. The predicted molar refractivity (Wildman–Crippen MR) is 48.2 cm³/mol. The standard InChI is InChI=1S/C9H19NO2/c1-9(2)6-8(7-10(9)3)12-5-4-11/h8,11H,4-7H2,1-3H3. The highest BCUT2D eigenvalue weighted by Crippen LogP contribution is 2.28. The van der Waals surface area contributed by atoms with Crippen LogP contribution in [0, 0.1) is 0 Å². The Kier molecular flexibility index (Phi) is 3.09. The first-order chi connectivity index (χ1) is 5.56. The Balaban J connectivity index is 2.33. The van der Waals surface area contributed by atoms with E-state index in [4.69, 9.17) is 9.84 Å². The topological polar surface area (TPSA) is 32.7 Å². The number of aliphatic hydroxyl groups is 1. The molecule has 0 aliphatic carbocycles. The van der Waals surface area contributed by atoms with Gasteiger partial charge in [0.2, 0.25) is 0 Å². The zero-order chi connectivity index (χ0) is 9.19. The van der Waals surface area contributed by atoms with E-state index in [1.165, 1.54) is 0 Å². The molecule has 1 fully saturated rings. The SMILES string of the molecule is CN1CC(OCCO)CC1(C)C. The molecule has 1 aliphatic heterocycles. The Morgan fingerprint density at radius 3 is 2.67 bits per heavy atom. The van der Waals surface area contributed by atoms with Crippen LogP contribution < -0.4 is 0 Å². The zero-order valence-electron chi connectivity index (χ0n) is 8.21. The molecule has 72 valence electrons. The molecular formula is C9H19NO2. The summed E-state index contributed by atoms with van der Waals surface area (Å²) < 4.78 is 5.47. The monoisotopic (exact) mass is 173 g/mol. The first-order valence-corrected chi connectivity index (χ1v) is 4.50. The molecule has 0 radical (unpaired) electrons. The zero-order valence-corrected chi connectivity index (χ0v) is 8.21. The van der Waals surface area contributed by atoms with Crippen molar-refractivity contribution in [1.82, 2.24) is 4.90 Å². The van der Waals surface area contributed by atoms with Gasteiger partial charge in [0.25, 0.3) is 0 Å². The average Bonchev–Trinajstić information content (AvgIpc) is 2.22. The third kappa shape index (κ3) is 2.19. The summed E-state index contributed by atoms with van der Waals surface area (Å²) in [5.41, 5.74) is 0.250. The first kappa shape index (κ1) is 9.96. The van der Waals surface area contributed by atoms with Gasteiger partial charge in [0.05, 0.1) is 19.3 Å². The van der Waals surface area contributed by atoms with Crippen LogP contribution >= 0.6 is 0 Å². The molecule has 1 aliphatic rings. The van der Waals surface area contributed by atoms with Gasteiger partial charge in [-0.05, 0) is 27.3 Å². The molecule has 0 spiro atoms. The van der Waals surface area contributed by atoms with Crippen LogP contribution in [0.1, 0.15) is 20.3 Å². The minimum atomic E-state index is 0.126. The van der Waals surface area contributed by atoms with Crippen LogP contribution in [0.2, 0.25) is 0 Å². The van der Waals surface area contributed by atoms with Gasteiger partial charge in [0, 0.05) is 12.1 Å². The molecule has 1 N–H and O–H groups in total. The fourth-order valence-electron chi connectivity index (χ4n) is 1.66. The summed E-state index contributed by atoms with van der Waals surface area (Å²) in [4.78, 5) is 2.30. The Morgan fingerprint density at radius 2 is 2.25 bits per heavy atom. The highest BCUT2D eigenvalue weighted by atomic mass is 16.5. The van der Waals surface area contributed by atoms with Gasteiger partial charge in [-0.15, -0.1) is 0 Å². The van der Waals surface area contributed by atoms with Crippen molar-refractivity contribution in [1.29, 1.82) is 0 Å². The molecule has 0 aromatic carbocycles. The molecule has 1 heterocycles. The number of ether oxygens (including phenoxy) is 1. The normalized spacial score (nSPS) is 29.5. The van der Waals surface area contributed by atoms with Crippen LogP contribution in [0.15, 0.2) is 0 Å². The summed E-state index contributed by atoms with van der Waals surface area (Å²) in [7, 11) is 2.11. The molecule has 0 saturated carbocycles. The lowest BCUT2D eigenvalue weighted by Crippen LogP contribution is -2.34. The van der Waals surface area contributed by atoms with Crippen molar-refractivity contribution in [2.45, 2.75) is 31.9 Å². The minimum absolute atomic E-state index is 0.126. The summed E-state index contributed by atoms with van der Waals surface area (Å²) >= 11 is 0. The van der Waals surface area contributed by atoms with Crippen molar-refractivity contribution in [3.8, 4) is 0 Å². The number of hydrogen-bond acceptors (Lipinski definition) is 3. The van der Waals surface area contributed by atoms with E-state index in [1.54, 1.807) is 0 Å². The van der Waals surface area contributed by atoms with E-state index < -0.39 is 0 Å². The van der Waals surface area contributed by atoms with Gasteiger partial charge in [-0.1, -0.05) is 0 Å². The number of rotatable bonds is 3. The van der Waals surface area contributed by atoms with E-state index in [9.17, 15) is 0 Å². The van der Waals surface area contributed by atoms with Gasteiger partial charge in [-0.2, -0.15) is 0 Å². The third-order valence-corrected chi connectivity index (χ3v) is 2.68. The van der Waals surface area contributed by atoms with E-state index >= 15 is 0 Å². The van der Waals surface area contributed by atoms with Gasteiger partial charge >= 0.3 is 0 Å². The predicted octanol–water partition coefficient (Wildman–Crippen LogP) is 0.478. The summed E-state index contributed by atoms with van der Waals surface area (Å²) in [5, 5.41) is 8.58. The molecular weight excluding hydrogens is 154 g/mol. The summed E-state index contributed by atoms with van der Waals surface area (Å²) in [6, 6.07) is 0. The molecule has 1 saturated heterocycles. The van der Waals surface area contributed by atoms with Crippen molar-refractivity contribution in [3.63, 3.8) is 0 Å². The molecule has 0 aromatic rings. The lowest BCUT2D eigenvalue weighted by molar-refractivity contribution is 0.0348. The van der Waals surface area contributed by atoms with Crippen molar-refractivity contribution < 1.29 is 9.84 Å². The van der Waals surface area contributed by atoms with E-state index in [0.29, 0.717) is 12.7 Å². The first-order valence-electron chi connectivity index (χ1n) is 4.50. The van der Waals surface area contributed by atoms with Crippen LogP contribution in [-0.2, 0) is 4.74 Å². The second-order valence-corrected chi connectivity index (χ2v) is 4.11. The van der Waals surface area contributed by atoms with Gasteiger partial charge in [-0.3, -0.25) is 4.90 Å². The molecule has 0 bridgehead atoms. The highest BCUT2D eigenvalue weighted by Gasteiger charge is 2.35. The van der Waals surface area contributed by atoms with E-state index in [2.05, 4.69) is 25.8 Å². The Hall–Kier alpha value is -0.120. The van der Waals surface area contributed by atoms with Crippen LogP contribution in [-0.4, -0.2) is 48.5 Å². The lowest BCUT2D eigenvalue weighted by Gasteiger charge is -2.26. The molecule has 3 heteroatoms. The number of likely N-dealkylation sites (N-methyl/N-ethyl adjacent to an activating group) is 1. The molecule has 3 nitrogen and oxygen atoms in total. The maximum absolute atomic E-state index is 8.58. The van der Waals surface area contributed by atoms with Gasteiger partial charge in [-0.25, -0.2) is 0 Å². The summed E-state index contributed by atoms with van der Waals surface area (Å²) in [5.74, 6) is 0. The van der Waals surface area contributed by atoms with Crippen LogP contribution in [0.25, 0.3) is 0 Å². The summed E-state index contributed by atoms with van der Waals surface area (Å²) in [6.07, 6.45) is 1.36. The summed E-state index contributed by atoms with van der Waals surface area (Å²) in [6.45, 7) is 6.01. The van der Waals surface area contributed by atoms with Gasteiger partial charge in [0.15, 0.2) is 0 Å². The van der Waals surface area contributed by atoms with Crippen LogP contribution in [0.3, 0.4) is 0 Å². The van der Waals surface area contributed by atoms with Crippen molar-refractivity contribution in [3.05, 3.63) is 0 Å². The van der Waals surface area contributed by atoms with E-state index in [0.717, 1.165) is 13.0 Å². The number of nitrogens with zero attached hydrogens (tertiary/aromatic N) is 1. The number of hydrogen-bond donors (Lipinski definition) is 1. The maximum Gasteiger partial charge on any atom is 0.0720 e. The van der Waals surface area contributed by atoms with E-state index in [1.807, 2.05) is 0 Å². The second kappa shape index (κ2) is 3.73. The van der Waals surface area contributed by atoms with Gasteiger partial charge in [0.1, 0.15) is 0 Å². The Labute approximate surface area is 74.3 Å². The van der Waals surface area contributed by atoms with Crippen LogP contribution in [0.5, 0.6) is 0 Å². The fourth-order valence-corrected chi connectivity index (χ4v) is 1.66. The fraction of sp³-hybridized carbons (Fsp3) is 1.00. The van der Waals surface area contributed by atoms with Crippen molar-refractivity contribution in [2.75, 3.05) is 26.8 Å². The second-order valence-electron chi connectivity index (χ2n) is 4.11. The molecule has 0 amide bonds. The third-order valence-electron chi connectivity index (χ3n) is 2.68. The molecule has 1 rings (SSSR count). The maximum atomic E-state index is 8.58. The lowest BCUT2D eigenvalue weighted by atomic mass is 10.0. The Bertz CT molecular complexity index is 147. The molecule has 1 unspecified atom stereocenters. The van der Waals surface area contributed by atoms with E-state index in [-0.39, 0.29) is 12.1 Å². The quantitative estimate of drug-likeness (QED) is 0.673. The smallest absolute Gasteiger partial charge is 0.0720 e. The van der Waals surface area contributed by atoms with Crippen LogP contribution in [0.4, 0.5) is 0 Å². The number of likely N-dealkylation sites (tertiary alicyclic amines) is 1. The average molecular weight is 173 g/mol. The van der Waals surface area contributed by atoms with Crippen molar-refractivity contribution in [2.24, 2.45) is 0 Å². The largest absolute Gasteiger partial charge is 0.394 e. The molecule has 1 atom stereocenters. The minimum Gasteiger partial charge on any atom is -0.394 e. The van der Waals surface area contributed by atoms with Crippen molar-refractivity contribution >= 4 is 0 Å². The Morgan fingerprint density at radius 1 is 1.58 bits per heavy atom. The number of aliphatic hydroxyl groups excluding tert-OH is 1. The van der Waals surface area contributed by atoms with Gasteiger partial charge < -0.3 is 9.84 Å².